The molecular formula is C12H13FO. The van der Waals surface area contributed by atoms with Crippen LogP contribution < -0.4 is 0 Å². The Labute approximate surface area is 82.9 Å². The standard InChI is InChI=1S/C12H13FO/c1-8(9-6-7-9)12(14)10-4-2-3-5-11(10)13/h2-5,8-9H,6-7H2,1H3. The molecule has 0 amide bonds. The second-order valence-corrected chi connectivity index (χ2v) is 3.97. The number of rotatable bonds is 3. The topological polar surface area (TPSA) is 17.1 Å². The Hall–Kier alpha value is -1.18. The van der Waals surface area contributed by atoms with Crippen LogP contribution >= 0.6 is 0 Å². The van der Waals surface area contributed by atoms with E-state index in [1.165, 1.54) is 6.07 Å². The van der Waals surface area contributed by atoms with E-state index < -0.39 is 5.82 Å². The van der Waals surface area contributed by atoms with E-state index in [0.717, 1.165) is 12.8 Å². The first-order valence-corrected chi connectivity index (χ1v) is 4.99. The van der Waals surface area contributed by atoms with E-state index in [4.69, 9.17) is 0 Å². The number of halogens is 1. The summed E-state index contributed by atoms with van der Waals surface area (Å²) in [6.07, 6.45) is 2.22. The van der Waals surface area contributed by atoms with E-state index >= 15 is 0 Å². The minimum atomic E-state index is -0.398. The van der Waals surface area contributed by atoms with Crippen molar-refractivity contribution < 1.29 is 9.18 Å². The third kappa shape index (κ3) is 1.69. The summed E-state index contributed by atoms with van der Waals surface area (Å²) in [6.45, 7) is 1.90. The molecule has 0 radical (unpaired) electrons. The van der Waals surface area contributed by atoms with Crippen molar-refractivity contribution in [3.8, 4) is 0 Å². The third-order valence-corrected chi connectivity index (χ3v) is 2.88. The molecule has 74 valence electrons. The Kier molecular flexibility index (Phi) is 2.36. The van der Waals surface area contributed by atoms with Gasteiger partial charge in [0.15, 0.2) is 5.78 Å². The highest BCUT2D eigenvalue weighted by Gasteiger charge is 2.33. The predicted molar refractivity (Wildman–Crippen MR) is 52.6 cm³/mol. The maximum atomic E-state index is 13.3. The van der Waals surface area contributed by atoms with Crippen molar-refractivity contribution in [3.05, 3.63) is 35.6 Å². The van der Waals surface area contributed by atoms with Gasteiger partial charge in [0.25, 0.3) is 0 Å². The van der Waals surface area contributed by atoms with E-state index in [-0.39, 0.29) is 17.3 Å². The van der Waals surface area contributed by atoms with Crippen LogP contribution in [-0.2, 0) is 0 Å². The summed E-state index contributed by atoms with van der Waals surface area (Å²) >= 11 is 0. The van der Waals surface area contributed by atoms with E-state index in [2.05, 4.69) is 0 Å². The first-order valence-electron chi connectivity index (χ1n) is 4.99. The van der Waals surface area contributed by atoms with Gasteiger partial charge in [-0.15, -0.1) is 0 Å². The minimum absolute atomic E-state index is 0.0214. The van der Waals surface area contributed by atoms with E-state index in [1.54, 1.807) is 18.2 Å². The highest BCUT2D eigenvalue weighted by Crippen LogP contribution is 2.38. The largest absolute Gasteiger partial charge is 0.294 e. The van der Waals surface area contributed by atoms with E-state index in [9.17, 15) is 9.18 Å². The zero-order valence-electron chi connectivity index (χ0n) is 8.16. The number of ketones is 1. The fraction of sp³-hybridized carbons (Fsp3) is 0.417. The van der Waals surface area contributed by atoms with Crippen molar-refractivity contribution >= 4 is 5.78 Å². The molecule has 0 aliphatic heterocycles. The van der Waals surface area contributed by atoms with Gasteiger partial charge in [-0.3, -0.25) is 4.79 Å². The van der Waals surface area contributed by atoms with Gasteiger partial charge in [0.1, 0.15) is 5.82 Å². The van der Waals surface area contributed by atoms with Crippen molar-refractivity contribution in [1.82, 2.24) is 0 Å². The van der Waals surface area contributed by atoms with Crippen LogP contribution in [0.15, 0.2) is 24.3 Å². The summed E-state index contributed by atoms with van der Waals surface area (Å²) in [6, 6.07) is 6.22. The van der Waals surface area contributed by atoms with E-state index in [1.807, 2.05) is 6.92 Å². The van der Waals surface area contributed by atoms with Crippen LogP contribution in [0, 0.1) is 17.7 Å². The van der Waals surface area contributed by atoms with Crippen molar-refractivity contribution in [2.24, 2.45) is 11.8 Å². The molecule has 14 heavy (non-hydrogen) atoms. The predicted octanol–water partition coefficient (Wildman–Crippen LogP) is 3.05. The number of carbonyl (C=O) groups excluding carboxylic acids is 1. The first-order chi connectivity index (χ1) is 6.70. The molecule has 2 heteroatoms. The minimum Gasteiger partial charge on any atom is -0.294 e. The van der Waals surface area contributed by atoms with Gasteiger partial charge in [0, 0.05) is 5.92 Å². The zero-order valence-corrected chi connectivity index (χ0v) is 8.16. The molecule has 1 unspecified atom stereocenters. The lowest BCUT2D eigenvalue weighted by atomic mass is 9.95. The number of carbonyl (C=O) groups is 1. The lowest BCUT2D eigenvalue weighted by Crippen LogP contribution is -2.14. The molecule has 0 saturated heterocycles. The quantitative estimate of drug-likeness (QED) is 0.673. The lowest BCUT2D eigenvalue weighted by molar-refractivity contribution is 0.0912. The van der Waals surface area contributed by atoms with Crippen LogP contribution in [0.2, 0.25) is 0 Å². The molecule has 1 atom stereocenters. The van der Waals surface area contributed by atoms with E-state index in [0.29, 0.717) is 5.92 Å². The Bertz CT molecular complexity index is 355. The summed E-state index contributed by atoms with van der Waals surface area (Å²) in [5, 5.41) is 0. The number of hydrogen-bond donors (Lipinski definition) is 0. The van der Waals surface area contributed by atoms with Gasteiger partial charge in [0.2, 0.25) is 0 Å². The van der Waals surface area contributed by atoms with Gasteiger partial charge in [-0.2, -0.15) is 0 Å². The monoisotopic (exact) mass is 192 g/mol. The smallest absolute Gasteiger partial charge is 0.168 e. The molecule has 0 N–H and O–H groups in total. The SMILES string of the molecule is CC(C(=O)c1ccccc1F)C1CC1. The summed E-state index contributed by atoms with van der Waals surface area (Å²) < 4.78 is 13.3. The maximum absolute atomic E-state index is 13.3. The van der Waals surface area contributed by atoms with Crippen LogP contribution in [0.4, 0.5) is 4.39 Å². The molecular weight excluding hydrogens is 179 g/mol. The normalized spacial score (nSPS) is 17.9. The summed E-state index contributed by atoms with van der Waals surface area (Å²) in [7, 11) is 0. The highest BCUT2D eigenvalue weighted by molar-refractivity contribution is 5.98. The molecule has 2 rings (SSSR count). The van der Waals surface area contributed by atoms with Crippen LogP contribution in [0.5, 0.6) is 0 Å². The van der Waals surface area contributed by atoms with Gasteiger partial charge in [0.05, 0.1) is 5.56 Å². The van der Waals surface area contributed by atoms with Gasteiger partial charge < -0.3 is 0 Å². The fourth-order valence-electron chi connectivity index (χ4n) is 1.72. The fourth-order valence-corrected chi connectivity index (χ4v) is 1.72. The first kappa shape index (κ1) is 9.38. The Morgan fingerprint density at radius 1 is 1.43 bits per heavy atom. The van der Waals surface area contributed by atoms with Gasteiger partial charge in [-0.05, 0) is 30.9 Å². The maximum Gasteiger partial charge on any atom is 0.168 e. The molecule has 1 aliphatic rings. The number of benzene rings is 1. The molecule has 1 aromatic carbocycles. The third-order valence-electron chi connectivity index (χ3n) is 2.88. The second-order valence-electron chi connectivity index (χ2n) is 3.97. The Balaban J connectivity index is 2.21. The van der Waals surface area contributed by atoms with Crippen LogP contribution in [-0.4, -0.2) is 5.78 Å². The Morgan fingerprint density at radius 3 is 2.64 bits per heavy atom. The summed E-state index contributed by atoms with van der Waals surface area (Å²) in [5.41, 5.74) is 0.243. The van der Waals surface area contributed by atoms with Gasteiger partial charge in [-0.25, -0.2) is 4.39 Å². The zero-order chi connectivity index (χ0) is 10.1. The van der Waals surface area contributed by atoms with Crippen LogP contribution in [0.25, 0.3) is 0 Å². The van der Waals surface area contributed by atoms with Crippen molar-refractivity contribution in [3.63, 3.8) is 0 Å². The van der Waals surface area contributed by atoms with Gasteiger partial charge in [-0.1, -0.05) is 19.1 Å². The molecule has 0 aromatic heterocycles. The second kappa shape index (κ2) is 3.52. The highest BCUT2D eigenvalue weighted by atomic mass is 19.1. The molecule has 1 saturated carbocycles. The van der Waals surface area contributed by atoms with Crippen LogP contribution in [0.1, 0.15) is 30.1 Å². The molecule has 1 fully saturated rings. The summed E-state index contributed by atoms with van der Waals surface area (Å²) in [5.74, 6) is 0.0182. The van der Waals surface area contributed by atoms with Crippen LogP contribution in [0.3, 0.4) is 0 Å². The number of Topliss-reactive ketones (excluding diaryl/α,β-unsaturated/α-hetero) is 1. The van der Waals surface area contributed by atoms with Gasteiger partial charge >= 0.3 is 0 Å². The molecule has 0 spiro atoms. The average Bonchev–Trinajstić information content (AvgIpc) is 3.00. The molecule has 0 heterocycles. The average molecular weight is 192 g/mol. The molecule has 1 nitrogen and oxygen atoms in total. The Morgan fingerprint density at radius 2 is 2.07 bits per heavy atom. The molecule has 0 bridgehead atoms. The lowest BCUT2D eigenvalue weighted by Gasteiger charge is -2.08. The van der Waals surface area contributed by atoms with Crippen molar-refractivity contribution in [2.45, 2.75) is 19.8 Å². The summed E-state index contributed by atoms with van der Waals surface area (Å²) in [4.78, 5) is 11.8. The number of hydrogen-bond acceptors (Lipinski definition) is 1. The molecule has 1 aliphatic carbocycles. The van der Waals surface area contributed by atoms with Crippen molar-refractivity contribution in [1.29, 1.82) is 0 Å². The van der Waals surface area contributed by atoms with Crippen molar-refractivity contribution in [2.75, 3.05) is 0 Å². The molecule has 1 aromatic rings.